The lowest BCUT2D eigenvalue weighted by molar-refractivity contribution is 0.102. The molecule has 0 radical (unpaired) electrons. The van der Waals surface area contributed by atoms with E-state index >= 15 is 0 Å². The number of anilines is 1. The van der Waals surface area contributed by atoms with Crippen LogP contribution in [0.3, 0.4) is 0 Å². The molecule has 0 bridgehead atoms. The van der Waals surface area contributed by atoms with Crippen LogP contribution in [0.4, 0.5) is 5.13 Å². The summed E-state index contributed by atoms with van der Waals surface area (Å²) in [6, 6.07) is 10.8. The molecule has 1 amide bonds. The van der Waals surface area contributed by atoms with Crippen LogP contribution in [0.2, 0.25) is 5.02 Å². The quantitative estimate of drug-likeness (QED) is 0.541. The summed E-state index contributed by atoms with van der Waals surface area (Å²) < 4.78 is 5.31. The van der Waals surface area contributed by atoms with Crippen molar-refractivity contribution in [3.8, 4) is 11.5 Å². The van der Waals surface area contributed by atoms with Gasteiger partial charge in [0.2, 0.25) is 0 Å². The summed E-state index contributed by atoms with van der Waals surface area (Å²) in [5, 5.41) is 6.57. The number of carbonyl (C=O) groups excluding carboxylic acids is 1. The Morgan fingerprint density at radius 2 is 2.12 bits per heavy atom. The topological polar surface area (TPSA) is 68.0 Å². The number of furan rings is 1. The number of nitrogens with one attached hydrogen (secondary N) is 1. The van der Waals surface area contributed by atoms with Crippen molar-refractivity contribution in [2.45, 2.75) is 6.92 Å². The number of amides is 1. The largest absolute Gasteiger partial charge is 0.463 e. The van der Waals surface area contributed by atoms with Crippen LogP contribution >= 0.6 is 22.9 Å². The zero-order valence-electron chi connectivity index (χ0n) is 13.1. The first-order chi connectivity index (χ1) is 12.1. The highest BCUT2D eigenvalue weighted by Gasteiger charge is 2.15. The number of aryl methyl sites for hydroxylation is 1. The lowest BCUT2D eigenvalue weighted by atomic mass is 10.1. The van der Waals surface area contributed by atoms with Crippen molar-refractivity contribution in [2.75, 3.05) is 5.32 Å². The summed E-state index contributed by atoms with van der Waals surface area (Å²) >= 11 is 7.36. The molecule has 0 spiro atoms. The van der Waals surface area contributed by atoms with Crippen molar-refractivity contribution in [3.63, 3.8) is 0 Å². The smallest absolute Gasteiger partial charge is 0.259 e. The Bertz CT molecular complexity index is 1070. The molecule has 0 fully saturated rings. The van der Waals surface area contributed by atoms with E-state index in [1.54, 1.807) is 37.5 Å². The predicted octanol–water partition coefficient (Wildman–Crippen LogP) is 5.17. The number of benzene rings is 1. The lowest BCUT2D eigenvalue weighted by Crippen LogP contribution is -2.14. The summed E-state index contributed by atoms with van der Waals surface area (Å²) in [6.45, 7) is 1.80. The number of rotatable bonds is 3. The molecule has 25 heavy (non-hydrogen) atoms. The summed E-state index contributed by atoms with van der Waals surface area (Å²) in [5.41, 5.74) is 2.62. The Kier molecular flexibility index (Phi) is 3.99. The van der Waals surface area contributed by atoms with Gasteiger partial charge in [0.15, 0.2) is 10.9 Å². The van der Waals surface area contributed by atoms with E-state index < -0.39 is 0 Å². The van der Waals surface area contributed by atoms with Crippen LogP contribution in [0.25, 0.3) is 22.4 Å². The average molecular weight is 370 g/mol. The van der Waals surface area contributed by atoms with Gasteiger partial charge in [0, 0.05) is 15.8 Å². The number of aromatic nitrogens is 2. The summed E-state index contributed by atoms with van der Waals surface area (Å²) in [4.78, 5) is 21.5. The molecule has 7 heteroatoms. The maximum Gasteiger partial charge on any atom is 0.259 e. The van der Waals surface area contributed by atoms with Crippen LogP contribution in [0.15, 0.2) is 52.5 Å². The van der Waals surface area contributed by atoms with E-state index in [0.717, 1.165) is 10.9 Å². The Morgan fingerprint density at radius 1 is 1.24 bits per heavy atom. The minimum atomic E-state index is -0.257. The molecule has 0 saturated heterocycles. The molecule has 0 atom stereocenters. The van der Waals surface area contributed by atoms with Gasteiger partial charge in [0.25, 0.3) is 5.91 Å². The SMILES string of the molecule is Cc1nc2ccc(Cl)cc2cc1C(=O)Nc1nc(-c2ccco2)cs1. The third-order valence-electron chi connectivity index (χ3n) is 3.71. The maximum atomic E-state index is 12.6. The van der Waals surface area contributed by atoms with Crippen molar-refractivity contribution in [2.24, 2.45) is 0 Å². The van der Waals surface area contributed by atoms with E-state index in [4.69, 9.17) is 16.0 Å². The van der Waals surface area contributed by atoms with E-state index in [2.05, 4.69) is 15.3 Å². The predicted molar refractivity (Wildman–Crippen MR) is 99.3 cm³/mol. The molecule has 3 aromatic heterocycles. The third-order valence-corrected chi connectivity index (χ3v) is 4.70. The molecule has 1 aromatic carbocycles. The van der Waals surface area contributed by atoms with Crippen molar-refractivity contribution in [1.29, 1.82) is 0 Å². The zero-order chi connectivity index (χ0) is 17.4. The van der Waals surface area contributed by atoms with Gasteiger partial charge in [0.05, 0.1) is 23.0 Å². The maximum absolute atomic E-state index is 12.6. The van der Waals surface area contributed by atoms with E-state index in [1.165, 1.54) is 11.3 Å². The number of pyridine rings is 1. The molecule has 0 saturated carbocycles. The molecular formula is C18H12ClN3O2S. The van der Waals surface area contributed by atoms with Crippen LogP contribution in [0.1, 0.15) is 16.1 Å². The number of fused-ring (bicyclic) bond motifs is 1. The molecule has 5 nitrogen and oxygen atoms in total. The van der Waals surface area contributed by atoms with Crippen molar-refractivity contribution < 1.29 is 9.21 Å². The fourth-order valence-electron chi connectivity index (χ4n) is 2.51. The van der Waals surface area contributed by atoms with Gasteiger partial charge < -0.3 is 4.42 Å². The standard InChI is InChI=1S/C18H12ClN3O2S/c1-10-13(8-11-7-12(19)4-5-14(11)20-10)17(23)22-18-21-15(9-25-18)16-3-2-6-24-16/h2-9H,1H3,(H,21,22,23). The molecule has 1 N–H and O–H groups in total. The van der Waals surface area contributed by atoms with Crippen molar-refractivity contribution in [3.05, 3.63) is 64.3 Å². The first-order valence-electron chi connectivity index (χ1n) is 7.48. The Balaban J connectivity index is 1.62. The van der Waals surface area contributed by atoms with Gasteiger partial charge in [-0.05, 0) is 43.3 Å². The molecule has 124 valence electrons. The minimum Gasteiger partial charge on any atom is -0.463 e. The van der Waals surface area contributed by atoms with Crippen LogP contribution in [-0.4, -0.2) is 15.9 Å². The minimum absolute atomic E-state index is 0.257. The van der Waals surface area contributed by atoms with Gasteiger partial charge in [-0.2, -0.15) is 0 Å². The zero-order valence-corrected chi connectivity index (χ0v) is 14.7. The van der Waals surface area contributed by atoms with Crippen LogP contribution in [-0.2, 0) is 0 Å². The first-order valence-corrected chi connectivity index (χ1v) is 8.73. The number of halogens is 1. The van der Waals surface area contributed by atoms with Gasteiger partial charge >= 0.3 is 0 Å². The Labute approximate surface area is 152 Å². The monoisotopic (exact) mass is 369 g/mol. The normalized spacial score (nSPS) is 11.0. The fraction of sp³-hybridized carbons (Fsp3) is 0.0556. The van der Waals surface area contributed by atoms with Crippen molar-refractivity contribution in [1.82, 2.24) is 9.97 Å². The number of thiazole rings is 1. The average Bonchev–Trinajstić information content (AvgIpc) is 3.25. The lowest BCUT2D eigenvalue weighted by Gasteiger charge is -2.07. The molecule has 4 aromatic rings. The number of carbonyl (C=O) groups is 1. The number of nitrogens with zero attached hydrogens (tertiary/aromatic N) is 2. The molecule has 0 aliphatic carbocycles. The highest BCUT2D eigenvalue weighted by Crippen LogP contribution is 2.26. The fourth-order valence-corrected chi connectivity index (χ4v) is 3.38. The molecule has 0 aliphatic rings. The van der Waals surface area contributed by atoms with E-state index in [9.17, 15) is 4.79 Å². The Hall–Kier alpha value is -2.70. The van der Waals surface area contributed by atoms with E-state index in [1.807, 2.05) is 17.5 Å². The van der Waals surface area contributed by atoms with Gasteiger partial charge in [-0.1, -0.05) is 11.6 Å². The first kappa shape index (κ1) is 15.8. The van der Waals surface area contributed by atoms with Crippen LogP contribution in [0, 0.1) is 6.92 Å². The third kappa shape index (κ3) is 3.14. The highest BCUT2D eigenvalue weighted by molar-refractivity contribution is 7.14. The van der Waals surface area contributed by atoms with Gasteiger partial charge in [-0.15, -0.1) is 11.3 Å². The molecular weight excluding hydrogens is 358 g/mol. The molecule has 0 unspecified atom stereocenters. The molecule has 4 rings (SSSR count). The second-order valence-corrected chi connectivity index (χ2v) is 6.72. The second kappa shape index (κ2) is 6.31. The number of hydrogen-bond donors (Lipinski definition) is 1. The van der Waals surface area contributed by atoms with Gasteiger partial charge in [-0.25, -0.2) is 4.98 Å². The van der Waals surface area contributed by atoms with Crippen LogP contribution < -0.4 is 5.32 Å². The van der Waals surface area contributed by atoms with Crippen LogP contribution in [0.5, 0.6) is 0 Å². The van der Waals surface area contributed by atoms with Gasteiger partial charge in [0.1, 0.15) is 5.69 Å². The van der Waals surface area contributed by atoms with E-state index in [0.29, 0.717) is 32.9 Å². The van der Waals surface area contributed by atoms with E-state index in [-0.39, 0.29) is 5.91 Å². The summed E-state index contributed by atoms with van der Waals surface area (Å²) in [7, 11) is 0. The molecule has 3 heterocycles. The van der Waals surface area contributed by atoms with Crippen molar-refractivity contribution >= 4 is 44.9 Å². The second-order valence-electron chi connectivity index (χ2n) is 5.43. The number of hydrogen-bond acceptors (Lipinski definition) is 5. The summed E-state index contributed by atoms with van der Waals surface area (Å²) in [5.74, 6) is 0.405. The Morgan fingerprint density at radius 3 is 2.92 bits per heavy atom. The van der Waals surface area contributed by atoms with Gasteiger partial charge in [-0.3, -0.25) is 15.1 Å². The molecule has 0 aliphatic heterocycles. The summed E-state index contributed by atoms with van der Waals surface area (Å²) in [6.07, 6.45) is 1.59. The highest BCUT2D eigenvalue weighted by atomic mass is 35.5.